The number of benzene rings is 1. The summed E-state index contributed by atoms with van der Waals surface area (Å²) in [6.07, 6.45) is 0. The van der Waals surface area contributed by atoms with E-state index in [9.17, 15) is 0 Å². The van der Waals surface area contributed by atoms with Gasteiger partial charge in [0.1, 0.15) is 0 Å². The van der Waals surface area contributed by atoms with Crippen molar-refractivity contribution in [1.82, 2.24) is 0 Å². The van der Waals surface area contributed by atoms with Crippen molar-refractivity contribution in [2.45, 2.75) is 39.8 Å². The third kappa shape index (κ3) is 1.64. The number of para-hydroxylation sites is 1. The van der Waals surface area contributed by atoms with Crippen LogP contribution in [0.15, 0.2) is 30.3 Å². The van der Waals surface area contributed by atoms with Crippen molar-refractivity contribution in [3.8, 4) is 0 Å². The third-order valence-corrected chi connectivity index (χ3v) is 4.28. The maximum atomic E-state index is 2.56. The lowest BCUT2D eigenvalue weighted by atomic mass is 9.92. The minimum absolute atomic E-state index is 0.650. The van der Waals surface area contributed by atoms with Crippen molar-refractivity contribution in [2.75, 3.05) is 4.90 Å². The molecule has 0 unspecified atom stereocenters. The fraction of sp³-hybridized carbons (Fsp3) is 0.571. The molecular formula is C14H21N. The monoisotopic (exact) mass is 203 g/mol. The van der Waals surface area contributed by atoms with Crippen LogP contribution in [-0.2, 0) is 0 Å². The molecule has 1 aromatic carbocycles. The summed E-state index contributed by atoms with van der Waals surface area (Å²) in [6.45, 7) is 9.43. The van der Waals surface area contributed by atoms with Crippen LogP contribution in [0.25, 0.3) is 0 Å². The van der Waals surface area contributed by atoms with E-state index in [1.807, 2.05) is 0 Å². The van der Waals surface area contributed by atoms with Crippen molar-refractivity contribution in [2.24, 2.45) is 11.8 Å². The van der Waals surface area contributed by atoms with Gasteiger partial charge in [0, 0.05) is 17.8 Å². The fourth-order valence-corrected chi connectivity index (χ4v) is 2.83. The molecule has 15 heavy (non-hydrogen) atoms. The highest BCUT2D eigenvalue weighted by atomic mass is 15.2. The van der Waals surface area contributed by atoms with Gasteiger partial charge in [-0.05, 0) is 37.8 Å². The number of rotatable bonds is 1. The molecule has 1 aromatic rings. The van der Waals surface area contributed by atoms with Crippen LogP contribution in [0.2, 0.25) is 0 Å². The summed E-state index contributed by atoms with van der Waals surface area (Å²) in [7, 11) is 0. The second-order valence-electron chi connectivity index (χ2n) is 4.94. The number of hydrogen-bond acceptors (Lipinski definition) is 1. The average molecular weight is 203 g/mol. The quantitative estimate of drug-likeness (QED) is 0.674. The predicted octanol–water partition coefficient (Wildman–Crippen LogP) is 3.56. The Morgan fingerprint density at radius 1 is 0.800 bits per heavy atom. The fourth-order valence-electron chi connectivity index (χ4n) is 2.83. The smallest absolute Gasteiger partial charge is 0.0371 e. The lowest BCUT2D eigenvalue weighted by Gasteiger charge is -2.29. The Hall–Kier alpha value is -0.980. The minimum atomic E-state index is 0.650. The second-order valence-corrected chi connectivity index (χ2v) is 4.94. The molecule has 1 heterocycles. The third-order valence-electron chi connectivity index (χ3n) is 4.28. The lowest BCUT2D eigenvalue weighted by molar-refractivity contribution is 0.413. The molecule has 0 spiro atoms. The molecule has 1 aliphatic heterocycles. The van der Waals surface area contributed by atoms with E-state index >= 15 is 0 Å². The van der Waals surface area contributed by atoms with Gasteiger partial charge in [-0.1, -0.05) is 32.0 Å². The topological polar surface area (TPSA) is 3.24 Å². The zero-order chi connectivity index (χ0) is 11.0. The van der Waals surface area contributed by atoms with E-state index in [2.05, 4.69) is 62.9 Å². The maximum Gasteiger partial charge on any atom is 0.0371 e. The Morgan fingerprint density at radius 3 is 1.73 bits per heavy atom. The molecule has 1 saturated heterocycles. The van der Waals surface area contributed by atoms with E-state index in [4.69, 9.17) is 0 Å². The molecular weight excluding hydrogens is 182 g/mol. The first kappa shape index (κ1) is 10.5. The van der Waals surface area contributed by atoms with Gasteiger partial charge < -0.3 is 4.90 Å². The predicted molar refractivity (Wildman–Crippen MR) is 66.2 cm³/mol. The van der Waals surface area contributed by atoms with Crippen LogP contribution in [0.1, 0.15) is 27.7 Å². The van der Waals surface area contributed by atoms with Gasteiger partial charge in [0.15, 0.2) is 0 Å². The first-order chi connectivity index (χ1) is 7.13. The molecule has 2 rings (SSSR count). The summed E-state index contributed by atoms with van der Waals surface area (Å²) in [5.74, 6) is 1.56. The average Bonchev–Trinajstić information content (AvgIpc) is 2.45. The molecule has 4 atom stereocenters. The highest BCUT2D eigenvalue weighted by molar-refractivity contribution is 5.49. The first-order valence-corrected chi connectivity index (χ1v) is 5.96. The highest BCUT2D eigenvalue weighted by Gasteiger charge is 2.39. The Labute approximate surface area is 93.1 Å². The van der Waals surface area contributed by atoms with Crippen molar-refractivity contribution < 1.29 is 0 Å². The summed E-state index contributed by atoms with van der Waals surface area (Å²) in [5.41, 5.74) is 1.37. The van der Waals surface area contributed by atoms with Crippen molar-refractivity contribution in [3.05, 3.63) is 30.3 Å². The van der Waals surface area contributed by atoms with Crippen LogP contribution in [0.5, 0.6) is 0 Å². The van der Waals surface area contributed by atoms with Gasteiger partial charge >= 0.3 is 0 Å². The summed E-state index contributed by atoms with van der Waals surface area (Å²) in [6, 6.07) is 12.1. The van der Waals surface area contributed by atoms with E-state index < -0.39 is 0 Å². The summed E-state index contributed by atoms with van der Waals surface area (Å²) >= 11 is 0. The van der Waals surface area contributed by atoms with Crippen molar-refractivity contribution in [1.29, 1.82) is 0 Å². The van der Waals surface area contributed by atoms with E-state index in [1.54, 1.807) is 0 Å². The number of anilines is 1. The summed E-state index contributed by atoms with van der Waals surface area (Å²) in [5, 5.41) is 0. The van der Waals surface area contributed by atoms with Gasteiger partial charge in [-0.15, -0.1) is 0 Å². The first-order valence-electron chi connectivity index (χ1n) is 5.96. The van der Waals surface area contributed by atoms with Gasteiger partial charge in [-0.2, -0.15) is 0 Å². The largest absolute Gasteiger partial charge is 0.366 e. The molecule has 1 fully saturated rings. The molecule has 0 aliphatic carbocycles. The Bertz CT molecular complexity index is 305. The molecule has 1 heteroatoms. The standard InChI is InChI=1S/C14H21N/c1-10-11(2)13(4)15(12(10)3)14-8-6-5-7-9-14/h5-13H,1-4H3/t10-,11+,12-,13+. The SMILES string of the molecule is C[C@@H]1[C@H](C)[C@H](C)N(c2ccccc2)[C@@H]1C. The molecule has 0 bridgehead atoms. The summed E-state index contributed by atoms with van der Waals surface area (Å²) in [4.78, 5) is 2.56. The Kier molecular flexibility index (Phi) is 2.72. The Morgan fingerprint density at radius 2 is 1.27 bits per heavy atom. The van der Waals surface area contributed by atoms with E-state index in [1.165, 1.54) is 5.69 Å². The van der Waals surface area contributed by atoms with E-state index in [0.717, 1.165) is 11.8 Å². The van der Waals surface area contributed by atoms with Crippen LogP contribution in [0.4, 0.5) is 5.69 Å². The van der Waals surface area contributed by atoms with Crippen LogP contribution >= 0.6 is 0 Å². The van der Waals surface area contributed by atoms with Crippen molar-refractivity contribution in [3.63, 3.8) is 0 Å². The zero-order valence-electron chi connectivity index (χ0n) is 10.1. The molecule has 82 valence electrons. The minimum Gasteiger partial charge on any atom is -0.366 e. The Balaban J connectivity index is 2.30. The molecule has 1 aliphatic rings. The second kappa shape index (κ2) is 3.88. The van der Waals surface area contributed by atoms with E-state index in [0.29, 0.717) is 12.1 Å². The van der Waals surface area contributed by atoms with E-state index in [-0.39, 0.29) is 0 Å². The molecule has 0 radical (unpaired) electrons. The molecule has 1 nitrogen and oxygen atoms in total. The van der Waals surface area contributed by atoms with Crippen molar-refractivity contribution >= 4 is 5.69 Å². The lowest BCUT2D eigenvalue weighted by Crippen LogP contribution is -2.34. The maximum absolute atomic E-state index is 2.56. The van der Waals surface area contributed by atoms with Gasteiger partial charge in [-0.3, -0.25) is 0 Å². The van der Waals surface area contributed by atoms with Crippen LogP contribution < -0.4 is 4.90 Å². The van der Waals surface area contributed by atoms with Crippen LogP contribution in [0, 0.1) is 11.8 Å². The highest BCUT2D eigenvalue weighted by Crippen LogP contribution is 2.37. The van der Waals surface area contributed by atoms with Gasteiger partial charge in [0.25, 0.3) is 0 Å². The molecule has 0 saturated carbocycles. The zero-order valence-corrected chi connectivity index (χ0v) is 10.1. The van der Waals surface area contributed by atoms with Gasteiger partial charge in [0.2, 0.25) is 0 Å². The van der Waals surface area contributed by atoms with Crippen LogP contribution in [0.3, 0.4) is 0 Å². The molecule has 0 N–H and O–H groups in total. The number of nitrogens with zero attached hydrogens (tertiary/aromatic N) is 1. The summed E-state index contributed by atoms with van der Waals surface area (Å²) < 4.78 is 0. The van der Waals surface area contributed by atoms with Gasteiger partial charge in [0.05, 0.1) is 0 Å². The number of hydrogen-bond donors (Lipinski definition) is 0. The normalized spacial score (nSPS) is 35.9. The molecule has 0 amide bonds. The van der Waals surface area contributed by atoms with Crippen LogP contribution in [-0.4, -0.2) is 12.1 Å². The van der Waals surface area contributed by atoms with Gasteiger partial charge in [-0.25, -0.2) is 0 Å². The molecule has 0 aromatic heterocycles.